The third kappa shape index (κ3) is 3.96. The lowest BCUT2D eigenvalue weighted by atomic mass is 10.1. The highest BCUT2D eigenvalue weighted by Gasteiger charge is 2.14. The van der Waals surface area contributed by atoms with Gasteiger partial charge in [0, 0.05) is 13.0 Å². The lowest BCUT2D eigenvalue weighted by Gasteiger charge is -2.18. The maximum absolute atomic E-state index is 10.9. The molecular weight excluding hydrogens is 260 g/mol. The normalized spacial score (nSPS) is 13.1. The first-order valence-corrected chi connectivity index (χ1v) is 6.51. The van der Waals surface area contributed by atoms with Gasteiger partial charge >= 0.3 is 5.97 Å². The average Bonchev–Trinajstić information content (AvgIpc) is 2.81. The Morgan fingerprint density at radius 3 is 2.85 bits per heavy atom. The molecule has 0 spiro atoms. The van der Waals surface area contributed by atoms with Crippen LogP contribution in [0.4, 0.5) is 0 Å². The van der Waals surface area contributed by atoms with Crippen LogP contribution in [-0.4, -0.2) is 48.1 Å². The number of primary amides is 1. The van der Waals surface area contributed by atoms with E-state index in [-0.39, 0.29) is 13.1 Å². The Morgan fingerprint density at radius 1 is 1.35 bits per heavy atom. The summed E-state index contributed by atoms with van der Waals surface area (Å²) in [6, 6.07) is 5.98. The van der Waals surface area contributed by atoms with Crippen molar-refractivity contribution in [3.05, 3.63) is 29.3 Å². The molecule has 0 saturated heterocycles. The molecule has 0 bridgehead atoms. The van der Waals surface area contributed by atoms with Gasteiger partial charge < -0.3 is 15.6 Å². The Hall–Kier alpha value is -2.08. The van der Waals surface area contributed by atoms with Gasteiger partial charge in [0.2, 0.25) is 5.91 Å². The maximum Gasteiger partial charge on any atom is 0.317 e. The first-order chi connectivity index (χ1) is 9.54. The molecular formula is C14H18N2O4. The Bertz CT molecular complexity index is 500. The summed E-state index contributed by atoms with van der Waals surface area (Å²) in [7, 11) is 0. The molecule has 0 radical (unpaired) electrons. The predicted octanol–water partition coefficient (Wildman–Crippen LogP) is 0.0359. The monoisotopic (exact) mass is 278 g/mol. The third-order valence-electron chi connectivity index (χ3n) is 3.21. The summed E-state index contributed by atoms with van der Waals surface area (Å²) >= 11 is 0. The van der Waals surface area contributed by atoms with E-state index < -0.39 is 11.9 Å². The van der Waals surface area contributed by atoms with E-state index in [2.05, 4.69) is 6.07 Å². The molecule has 6 heteroatoms. The summed E-state index contributed by atoms with van der Waals surface area (Å²) in [6.07, 6.45) is 1.58. The molecule has 1 heterocycles. The van der Waals surface area contributed by atoms with Crippen LogP contribution in [0.1, 0.15) is 11.1 Å². The van der Waals surface area contributed by atoms with Gasteiger partial charge in [0.25, 0.3) is 0 Å². The fraction of sp³-hybridized carbons (Fsp3) is 0.429. The van der Waals surface area contributed by atoms with Crippen molar-refractivity contribution < 1.29 is 19.4 Å². The predicted molar refractivity (Wildman–Crippen MR) is 72.6 cm³/mol. The molecule has 0 unspecified atom stereocenters. The van der Waals surface area contributed by atoms with Gasteiger partial charge in [-0.25, -0.2) is 0 Å². The zero-order valence-electron chi connectivity index (χ0n) is 11.2. The Balaban J connectivity index is 1.94. The first kappa shape index (κ1) is 14.3. The van der Waals surface area contributed by atoms with E-state index >= 15 is 0 Å². The highest BCUT2D eigenvalue weighted by atomic mass is 16.5. The van der Waals surface area contributed by atoms with Crippen molar-refractivity contribution in [3.63, 3.8) is 0 Å². The second-order valence-corrected chi connectivity index (χ2v) is 4.86. The van der Waals surface area contributed by atoms with E-state index in [9.17, 15) is 9.59 Å². The van der Waals surface area contributed by atoms with Crippen LogP contribution < -0.4 is 10.5 Å². The molecule has 1 aliphatic heterocycles. The van der Waals surface area contributed by atoms with Gasteiger partial charge in [-0.3, -0.25) is 14.5 Å². The van der Waals surface area contributed by atoms with Crippen molar-refractivity contribution in [2.24, 2.45) is 5.73 Å². The highest BCUT2D eigenvalue weighted by Crippen LogP contribution is 2.25. The van der Waals surface area contributed by atoms with Crippen molar-refractivity contribution in [1.82, 2.24) is 4.90 Å². The zero-order chi connectivity index (χ0) is 14.5. The number of aliphatic carboxylic acids is 1. The number of carboxylic acids is 1. The molecule has 3 N–H and O–H groups in total. The molecule has 1 aliphatic rings. The van der Waals surface area contributed by atoms with Crippen LogP contribution in [0.5, 0.6) is 5.75 Å². The van der Waals surface area contributed by atoms with Crippen LogP contribution in [0.2, 0.25) is 0 Å². The fourth-order valence-corrected chi connectivity index (χ4v) is 2.31. The minimum absolute atomic E-state index is 0.0413. The van der Waals surface area contributed by atoms with Crippen molar-refractivity contribution in [2.75, 3.05) is 26.2 Å². The molecule has 1 amide bonds. The van der Waals surface area contributed by atoms with Gasteiger partial charge in [-0.1, -0.05) is 12.1 Å². The maximum atomic E-state index is 10.9. The number of fused-ring (bicyclic) bond motifs is 1. The van der Waals surface area contributed by atoms with Gasteiger partial charge in [-0.05, 0) is 23.6 Å². The Morgan fingerprint density at radius 2 is 2.15 bits per heavy atom. The number of ether oxygens (including phenoxy) is 1. The van der Waals surface area contributed by atoms with E-state index in [1.54, 1.807) is 0 Å². The largest absolute Gasteiger partial charge is 0.493 e. The van der Waals surface area contributed by atoms with Crippen LogP contribution in [0.15, 0.2) is 18.2 Å². The van der Waals surface area contributed by atoms with E-state index in [1.807, 2.05) is 12.1 Å². The van der Waals surface area contributed by atoms with Gasteiger partial charge in [-0.2, -0.15) is 0 Å². The first-order valence-electron chi connectivity index (χ1n) is 6.51. The van der Waals surface area contributed by atoms with Crippen LogP contribution in [0.25, 0.3) is 0 Å². The molecule has 0 atom stereocenters. The molecule has 2 rings (SSSR count). The van der Waals surface area contributed by atoms with Crippen LogP contribution in [-0.2, 0) is 22.4 Å². The SMILES string of the molecule is NC(=O)CN(CCc1ccc2c(c1)CCO2)CC(=O)O. The van der Waals surface area contributed by atoms with E-state index in [4.69, 9.17) is 15.6 Å². The van der Waals surface area contributed by atoms with E-state index in [0.29, 0.717) is 19.6 Å². The quantitative estimate of drug-likeness (QED) is 0.734. The molecule has 1 aromatic rings. The van der Waals surface area contributed by atoms with Crippen molar-refractivity contribution in [2.45, 2.75) is 12.8 Å². The van der Waals surface area contributed by atoms with Crippen LogP contribution in [0.3, 0.4) is 0 Å². The summed E-state index contributed by atoms with van der Waals surface area (Å²) in [5.74, 6) is -0.560. The summed E-state index contributed by atoms with van der Waals surface area (Å²) in [6.45, 7) is 0.970. The number of carbonyl (C=O) groups is 2. The smallest absolute Gasteiger partial charge is 0.317 e. The molecule has 0 fully saturated rings. The van der Waals surface area contributed by atoms with Gasteiger partial charge in [-0.15, -0.1) is 0 Å². The number of amides is 1. The fourth-order valence-electron chi connectivity index (χ4n) is 2.31. The molecule has 0 aromatic heterocycles. The topological polar surface area (TPSA) is 92.9 Å². The van der Waals surface area contributed by atoms with Crippen molar-refractivity contribution in [3.8, 4) is 5.75 Å². The zero-order valence-corrected chi connectivity index (χ0v) is 11.2. The number of nitrogens with two attached hydrogens (primary N) is 1. The highest BCUT2D eigenvalue weighted by molar-refractivity contribution is 5.77. The Kier molecular flexibility index (Phi) is 4.57. The Labute approximate surface area is 117 Å². The minimum atomic E-state index is -0.964. The number of nitrogens with zero attached hydrogens (tertiary/aromatic N) is 1. The molecule has 0 aliphatic carbocycles. The summed E-state index contributed by atoms with van der Waals surface area (Å²) < 4.78 is 5.43. The standard InChI is InChI=1S/C14H18N2O4/c15-13(17)8-16(9-14(18)19)5-3-10-1-2-12-11(7-10)4-6-20-12/h1-2,7H,3-6,8-9H2,(H2,15,17)(H,18,19). The van der Waals surface area contributed by atoms with Crippen LogP contribution in [0, 0.1) is 0 Å². The molecule has 1 aromatic carbocycles. The summed E-state index contributed by atoms with van der Waals surface area (Å²) in [5.41, 5.74) is 7.41. The molecule has 20 heavy (non-hydrogen) atoms. The van der Waals surface area contributed by atoms with Crippen molar-refractivity contribution >= 4 is 11.9 Å². The van der Waals surface area contributed by atoms with Gasteiger partial charge in [0.1, 0.15) is 5.75 Å². The summed E-state index contributed by atoms with van der Waals surface area (Å²) in [4.78, 5) is 23.2. The summed E-state index contributed by atoms with van der Waals surface area (Å²) in [5, 5.41) is 8.81. The average molecular weight is 278 g/mol. The molecule has 108 valence electrons. The van der Waals surface area contributed by atoms with Crippen molar-refractivity contribution in [1.29, 1.82) is 0 Å². The third-order valence-corrected chi connectivity index (χ3v) is 3.21. The minimum Gasteiger partial charge on any atom is -0.493 e. The second kappa shape index (κ2) is 6.38. The number of hydrogen-bond donors (Lipinski definition) is 2. The number of carbonyl (C=O) groups excluding carboxylic acids is 1. The van der Waals surface area contributed by atoms with Gasteiger partial charge in [0.15, 0.2) is 0 Å². The number of carboxylic acid groups (broad SMARTS) is 1. The second-order valence-electron chi connectivity index (χ2n) is 4.86. The molecule has 6 nitrogen and oxygen atoms in total. The molecule has 0 saturated carbocycles. The number of benzene rings is 1. The van der Waals surface area contributed by atoms with E-state index in [0.717, 1.165) is 17.7 Å². The van der Waals surface area contributed by atoms with Gasteiger partial charge in [0.05, 0.1) is 19.7 Å². The van der Waals surface area contributed by atoms with E-state index in [1.165, 1.54) is 10.5 Å². The number of rotatable bonds is 7. The lowest BCUT2D eigenvalue weighted by Crippen LogP contribution is -2.38. The van der Waals surface area contributed by atoms with Crippen LogP contribution >= 0.6 is 0 Å². The number of hydrogen-bond acceptors (Lipinski definition) is 4. The lowest BCUT2D eigenvalue weighted by molar-refractivity contribution is -0.138.